The van der Waals surface area contributed by atoms with Crippen molar-refractivity contribution in [2.24, 2.45) is 0 Å². The van der Waals surface area contributed by atoms with Gasteiger partial charge in [0.25, 0.3) is 5.91 Å². The number of fused-ring (bicyclic) bond motifs is 1. The molecule has 0 spiro atoms. The van der Waals surface area contributed by atoms with Gasteiger partial charge in [0.1, 0.15) is 6.04 Å². The SMILES string of the molecule is CCN1C(=O)C(CC(=O)Nc2ccc3cc[nH]c3c2)N(C2CCCCCC2)C1=S. The average Bonchev–Trinajstić information content (AvgIpc) is 3.13. The highest BCUT2D eigenvalue weighted by atomic mass is 32.1. The normalized spacial score (nSPS) is 21.1. The van der Waals surface area contributed by atoms with Gasteiger partial charge in [-0.1, -0.05) is 31.7 Å². The Kier molecular flexibility index (Phi) is 5.85. The lowest BCUT2D eigenvalue weighted by atomic mass is 10.0. The van der Waals surface area contributed by atoms with Crippen molar-refractivity contribution in [2.75, 3.05) is 11.9 Å². The number of anilines is 1. The van der Waals surface area contributed by atoms with E-state index in [1.54, 1.807) is 4.90 Å². The fourth-order valence-corrected chi connectivity index (χ4v) is 5.10. The van der Waals surface area contributed by atoms with Gasteiger partial charge in [0.05, 0.1) is 6.42 Å². The number of carbonyl (C=O) groups is 2. The van der Waals surface area contributed by atoms with Crippen LogP contribution in [0.25, 0.3) is 10.9 Å². The van der Waals surface area contributed by atoms with E-state index in [0.717, 1.165) is 42.3 Å². The maximum atomic E-state index is 13.0. The number of aromatic nitrogens is 1. The van der Waals surface area contributed by atoms with Gasteiger partial charge in [0.15, 0.2) is 5.11 Å². The maximum Gasteiger partial charge on any atom is 0.252 e. The first kappa shape index (κ1) is 19.9. The van der Waals surface area contributed by atoms with Crippen LogP contribution < -0.4 is 5.32 Å². The van der Waals surface area contributed by atoms with E-state index in [9.17, 15) is 9.59 Å². The Morgan fingerprint density at radius 2 is 1.97 bits per heavy atom. The molecule has 2 N–H and O–H groups in total. The standard InChI is InChI=1S/C22H28N4O2S/c1-2-25-21(28)19(26(22(25)29)17-7-5-3-4-6-8-17)14-20(27)24-16-10-9-15-11-12-23-18(15)13-16/h9-13,17,19,23H,2-8,14H2,1H3,(H,24,27). The topological polar surface area (TPSA) is 68.4 Å². The molecule has 1 aliphatic carbocycles. The fraction of sp³-hybridized carbons (Fsp3) is 0.500. The molecule has 1 unspecified atom stereocenters. The van der Waals surface area contributed by atoms with Crippen LogP contribution >= 0.6 is 12.2 Å². The summed E-state index contributed by atoms with van der Waals surface area (Å²) < 4.78 is 0. The van der Waals surface area contributed by atoms with Crippen LogP contribution in [0.1, 0.15) is 51.9 Å². The van der Waals surface area contributed by atoms with E-state index in [-0.39, 0.29) is 24.3 Å². The number of amides is 2. The second kappa shape index (κ2) is 8.53. The number of carbonyl (C=O) groups excluding carboxylic acids is 2. The summed E-state index contributed by atoms with van der Waals surface area (Å²) in [5, 5.41) is 4.64. The van der Waals surface area contributed by atoms with Gasteiger partial charge in [-0.25, -0.2) is 0 Å². The Bertz CT molecular complexity index is 916. The molecule has 1 saturated carbocycles. The van der Waals surface area contributed by atoms with Crippen molar-refractivity contribution in [3.63, 3.8) is 0 Å². The third-order valence-corrected chi connectivity index (χ3v) is 6.52. The minimum atomic E-state index is -0.500. The summed E-state index contributed by atoms with van der Waals surface area (Å²) in [6.07, 6.45) is 8.83. The summed E-state index contributed by atoms with van der Waals surface area (Å²) in [5.74, 6) is -0.203. The van der Waals surface area contributed by atoms with Crippen molar-refractivity contribution < 1.29 is 9.59 Å². The molecule has 2 aromatic rings. The Morgan fingerprint density at radius 1 is 1.21 bits per heavy atom. The Hall–Kier alpha value is -2.41. The van der Waals surface area contributed by atoms with Gasteiger partial charge >= 0.3 is 0 Å². The first-order valence-corrected chi connectivity index (χ1v) is 11.0. The van der Waals surface area contributed by atoms with Crippen molar-refractivity contribution in [3.8, 4) is 0 Å². The predicted molar refractivity (Wildman–Crippen MR) is 119 cm³/mol. The number of likely N-dealkylation sites (N-methyl/N-ethyl adjacent to an activating group) is 1. The molecule has 29 heavy (non-hydrogen) atoms. The molecule has 2 aliphatic rings. The van der Waals surface area contributed by atoms with Gasteiger partial charge in [-0.15, -0.1) is 0 Å². The zero-order valence-electron chi connectivity index (χ0n) is 16.8. The smallest absolute Gasteiger partial charge is 0.252 e. The number of rotatable bonds is 5. The number of H-pyrrole nitrogens is 1. The van der Waals surface area contributed by atoms with Crippen LogP contribution in [0.5, 0.6) is 0 Å². The number of nitrogens with zero attached hydrogens (tertiary/aromatic N) is 2. The molecule has 7 heteroatoms. The molecule has 0 bridgehead atoms. The minimum absolute atomic E-state index is 0.0447. The summed E-state index contributed by atoms with van der Waals surface area (Å²) in [7, 11) is 0. The maximum absolute atomic E-state index is 13.0. The molecular weight excluding hydrogens is 384 g/mol. The van der Waals surface area contributed by atoms with Crippen LogP contribution in [-0.4, -0.2) is 50.3 Å². The quantitative estimate of drug-likeness (QED) is 0.575. The van der Waals surface area contributed by atoms with Crippen LogP contribution in [-0.2, 0) is 9.59 Å². The van der Waals surface area contributed by atoms with Gasteiger partial charge in [-0.05, 0) is 55.6 Å². The number of aromatic amines is 1. The minimum Gasteiger partial charge on any atom is -0.361 e. The lowest BCUT2D eigenvalue weighted by Crippen LogP contribution is -2.44. The Morgan fingerprint density at radius 3 is 2.69 bits per heavy atom. The van der Waals surface area contributed by atoms with Crippen LogP contribution in [0.3, 0.4) is 0 Å². The lowest BCUT2D eigenvalue weighted by molar-refractivity contribution is -0.131. The molecule has 1 aliphatic heterocycles. The lowest BCUT2D eigenvalue weighted by Gasteiger charge is -2.32. The third-order valence-electron chi connectivity index (χ3n) is 6.09. The molecule has 2 heterocycles. The molecule has 154 valence electrons. The van der Waals surface area contributed by atoms with Gasteiger partial charge in [-0.2, -0.15) is 0 Å². The number of thiocarbonyl (C=S) groups is 1. The van der Waals surface area contributed by atoms with Gasteiger partial charge < -0.3 is 15.2 Å². The number of hydrogen-bond donors (Lipinski definition) is 2. The number of nitrogens with one attached hydrogen (secondary N) is 2. The van der Waals surface area contributed by atoms with E-state index >= 15 is 0 Å². The monoisotopic (exact) mass is 412 g/mol. The summed E-state index contributed by atoms with van der Waals surface area (Å²) >= 11 is 5.66. The molecule has 1 aromatic heterocycles. The predicted octanol–water partition coefficient (Wildman–Crippen LogP) is 4.04. The zero-order valence-corrected chi connectivity index (χ0v) is 17.6. The first-order chi connectivity index (χ1) is 14.1. The number of benzene rings is 1. The van der Waals surface area contributed by atoms with E-state index in [1.807, 2.05) is 37.4 Å². The van der Waals surface area contributed by atoms with Crippen LogP contribution in [0.2, 0.25) is 0 Å². The van der Waals surface area contributed by atoms with Crippen molar-refractivity contribution >= 4 is 45.7 Å². The molecule has 6 nitrogen and oxygen atoms in total. The number of hydrogen-bond acceptors (Lipinski definition) is 3. The molecule has 1 atom stereocenters. The highest BCUT2D eigenvalue weighted by molar-refractivity contribution is 7.80. The Balaban J connectivity index is 1.50. The van der Waals surface area contributed by atoms with Crippen LogP contribution in [0, 0.1) is 0 Å². The second-order valence-corrected chi connectivity index (χ2v) is 8.33. The summed E-state index contributed by atoms with van der Waals surface area (Å²) in [6, 6.07) is 7.50. The highest BCUT2D eigenvalue weighted by Gasteiger charge is 2.45. The summed E-state index contributed by atoms with van der Waals surface area (Å²) in [4.78, 5) is 32.7. The van der Waals surface area contributed by atoms with Gasteiger partial charge in [0, 0.05) is 30.0 Å². The summed E-state index contributed by atoms with van der Waals surface area (Å²) in [6.45, 7) is 2.48. The largest absolute Gasteiger partial charge is 0.361 e. The molecular formula is C22H28N4O2S. The van der Waals surface area contributed by atoms with Crippen molar-refractivity contribution in [3.05, 3.63) is 30.5 Å². The average molecular weight is 413 g/mol. The molecule has 1 aromatic carbocycles. The van der Waals surface area contributed by atoms with Crippen molar-refractivity contribution in [1.82, 2.24) is 14.8 Å². The molecule has 0 radical (unpaired) electrons. The van der Waals surface area contributed by atoms with E-state index in [0.29, 0.717) is 11.7 Å². The van der Waals surface area contributed by atoms with Crippen molar-refractivity contribution in [2.45, 2.75) is 64.0 Å². The van der Waals surface area contributed by atoms with Crippen LogP contribution in [0.4, 0.5) is 5.69 Å². The van der Waals surface area contributed by atoms with E-state index in [4.69, 9.17) is 12.2 Å². The van der Waals surface area contributed by atoms with Gasteiger partial charge in [-0.3, -0.25) is 14.5 Å². The van der Waals surface area contributed by atoms with E-state index in [1.165, 1.54) is 12.8 Å². The van der Waals surface area contributed by atoms with E-state index < -0.39 is 6.04 Å². The van der Waals surface area contributed by atoms with Crippen molar-refractivity contribution in [1.29, 1.82) is 0 Å². The molecule has 1 saturated heterocycles. The molecule has 4 rings (SSSR count). The fourth-order valence-electron chi connectivity index (χ4n) is 4.60. The highest BCUT2D eigenvalue weighted by Crippen LogP contribution is 2.30. The third kappa shape index (κ3) is 4.01. The van der Waals surface area contributed by atoms with Gasteiger partial charge in [0.2, 0.25) is 5.91 Å². The first-order valence-electron chi connectivity index (χ1n) is 10.6. The molecule has 2 fully saturated rings. The summed E-state index contributed by atoms with van der Waals surface area (Å²) in [5.41, 5.74) is 1.70. The van der Waals surface area contributed by atoms with Crippen LogP contribution in [0.15, 0.2) is 30.5 Å². The van der Waals surface area contributed by atoms with E-state index in [2.05, 4.69) is 15.2 Å². The second-order valence-electron chi connectivity index (χ2n) is 7.97. The Labute approximate surface area is 176 Å². The zero-order chi connectivity index (χ0) is 20.4. The molecule has 2 amide bonds.